The normalized spacial score (nSPS) is 14.9. The fourth-order valence-electron chi connectivity index (χ4n) is 3.42. The second kappa shape index (κ2) is 7.88. The summed E-state index contributed by atoms with van der Waals surface area (Å²) in [6.45, 7) is 8.32. The Bertz CT molecular complexity index is 928. The Labute approximate surface area is 165 Å². The van der Waals surface area contributed by atoms with Crippen molar-refractivity contribution in [3.63, 3.8) is 0 Å². The first kappa shape index (κ1) is 18.3. The first-order chi connectivity index (χ1) is 13.5. The predicted octanol–water partition coefficient (Wildman–Crippen LogP) is 4.80. The van der Waals surface area contributed by atoms with E-state index in [-0.39, 0.29) is 0 Å². The van der Waals surface area contributed by atoms with Crippen LogP contribution in [0.4, 0.5) is 28.8 Å². The van der Waals surface area contributed by atoms with Gasteiger partial charge in [0.25, 0.3) is 0 Å². The zero-order valence-corrected chi connectivity index (χ0v) is 16.6. The average Bonchev–Trinajstić information content (AvgIpc) is 3.07. The van der Waals surface area contributed by atoms with Gasteiger partial charge >= 0.3 is 0 Å². The highest BCUT2D eigenvalue weighted by Gasteiger charge is 2.15. The van der Waals surface area contributed by atoms with E-state index < -0.39 is 0 Å². The summed E-state index contributed by atoms with van der Waals surface area (Å²) in [5.41, 5.74) is 2.27. The zero-order valence-electron chi connectivity index (χ0n) is 16.6. The Morgan fingerprint density at radius 2 is 1.61 bits per heavy atom. The highest BCUT2D eigenvalue weighted by Crippen LogP contribution is 2.26. The smallest absolute Gasteiger partial charge is 0.175 e. The summed E-state index contributed by atoms with van der Waals surface area (Å²) >= 11 is 0. The van der Waals surface area contributed by atoms with E-state index in [0.29, 0.717) is 17.5 Å². The summed E-state index contributed by atoms with van der Waals surface area (Å²) in [5.74, 6) is 4.28. The Kier molecular flexibility index (Phi) is 5.14. The van der Waals surface area contributed by atoms with Crippen LogP contribution in [0.1, 0.15) is 31.4 Å². The summed E-state index contributed by atoms with van der Waals surface area (Å²) in [4.78, 5) is 11.3. The van der Waals surface area contributed by atoms with Crippen molar-refractivity contribution in [1.82, 2.24) is 15.1 Å². The number of hydrogen-bond donors (Lipinski definition) is 2. The van der Waals surface area contributed by atoms with Gasteiger partial charge in [0.05, 0.1) is 0 Å². The molecule has 2 aromatic heterocycles. The van der Waals surface area contributed by atoms with Crippen molar-refractivity contribution < 1.29 is 4.52 Å². The second-order valence-electron chi connectivity index (χ2n) is 7.47. The minimum absolute atomic E-state index is 0.627. The molecule has 0 saturated carbocycles. The third kappa shape index (κ3) is 4.42. The molecular formula is C21H26N6O. The molecule has 0 bridgehead atoms. The van der Waals surface area contributed by atoms with Gasteiger partial charge in [-0.25, -0.2) is 9.97 Å². The number of piperidine rings is 1. The summed E-state index contributed by atoms with van der Waals surface area (Å²) in [6, 6.07) is 12.2. The van der Waals surface area contributed by atoms with Gasteiger partial charge in [0, 0.05) is 36.6 Å². The van der Waals surface area contributed by atoms with E-state index in [1.807, 2.05) is 26.0 Å². The van der Waals surface area contributed by atoms with Crippen LogP contribution >= 0.6 is 0 Å². The van der Waals surface area contributed by atoms with E-state index in [9.17, 15) is 0 Å². The van der Waals surface area contributed by atoms with Crippen LogP contribution in [-0.2, 0) is 0 Å². The first-order valence-corrected chi connectivity index (χ1v) is 9.73. The lowest BCUT2D eigenvalue weighted by molar-refractivity contribution is 0.400. The third-order valence-corrected chi connectivity index (χ3v) is 5.01. The van der Waals surface area contributed by atoms with Crippen LogP contribution < -0.4 is 15.5 Å². The molecule has 0 spiro atoms. The second-order valence-corrected chi connectivity index (χ2v) is 7.47. The molecule has 0 radical (unpaired) electrons. The van der Waals surface area contributed by atoms with Crippen LogP contribution in [-0.4, -0.2) is 28.2 Å². The molecule has 1 aromatic carbocycles. The molecule has 2 N–H and O–H groups in total. The minimum Gasteiger partial charge on any atom is -0.372 e. The Morgan fingerprint density at radius 1 is 0.929 bits per heavy atom. The lowest BCUT2D eigenvalue weighted by Gasteiger charge is -2.32. The molecule has 146 valence electrons. The molecule has 0 aliphatic carbocycles. The van der Waals surface area contributed by atoms with E-state index in [4.69, 9.17) is 4.52 Å². The molecule has 7 heteroatoms. The van der Waals surface area contributed by atoms with Crippen molar-refractivity contribution in [3.8, 4) is 0 Å². The van der Waals surface area contributed by atoms with E-state index in [1.165, 1.54) is 18.5 Å². The Hall–Kier alpha value is -3.09. The molecule has 28 heavy (non-hydrogen) atoms. The highest BCUT2D eigenvalue weighted by atomic mass is 16.5. The van der Waals surface area contributed by atoms with E-state index in [0.717, 1.165) is 36.3 Å². The van der Waals surface area contributed by atoms with Crippen LogP contribution in [0.15, 0.2) is 40.9 Å². The van der Waals surface area contributed by atoms with Gasteiger partial charge in [-0.1, -0.05) is 12.1 Å². The summed E-state index contributed by atoms with van der Waals surface area (Å²) in [5, 5.41) is 10.4. The maximum absolute atomic E-state index is 5.08. The monoisotopic (exact) mass is 378 g/mol. The third-order valence-electron chi connectivity index (χ3n) is 5.01. The van der Waals surface area contributed by atoms with Gasteiger partial charge in [-0.2, -0.15) is 0 Å². The first-order valence-electron chi connectivity index (χ1n) is 9.73. The SMILES string of the molecule is Cc1nc(Nc2ccc(N3CCC(C)CC3)cc2)cc(Nc2cc(C)on2)n1. The van der Waals surface area contributed by atoms with Crippen LogP contribution in [0.25, 0.3) is 0 Å². The molecule has 0 unspecified atom stereocenters. The molecule has 1 aliphatic heterocycles. The van der Waals surface area contributed by atoms with Crippen molar-refractivity contribution in [1.29, 1.82) is 0 Å². The summed E-state index contributed by atoms with van der Waals surface area (Å²) in [6.07, 6.45) is 2.53. The van der Waals surface area contributed by atoms with Crippen molar-refractivity contribution in [3.05, 3.63) is 48.0 Å². The molecule has 0 amide bonds. The van der Waals surface area contributed by atoms with E-state index >= 15 is 0 Å². The van der Waals surface area contributed by atoms with Gasteiger partial charge in [0.2, 0.25) is 0 Å². The average molecular weight is 378 g/mol. The van der Waals surface area contributed by atoms with Crippen molar-refractivity contribution in [2.24, 2.45) is 5.92 Å². The number of aryl methyl sites for hydroxylation is 2. The molecule has 0 atom stereocenters. The van der Waals surface area contributed by atoms with Crippen molar-refractivity contribution >= 4 is 28.8 Å². The zero-order chi connectivity index (χ0) is 19.5. The summed E-state index contributed by atoms with van der Waals surface area (Å²) < 4.78 is 5.08. The van der Waals surface area contributed by atoms with Crippen LogP contribution in [0.5, 0.6) is 0 Å². The largest absolute Gasteiger partial charge is 0.372 e. The molecule has 1 fully saturated rings. The number of rotatable bonds is 5. The van der Waals surface area contributed by atoms with Crippen molar-refractivity contribution in [2.75, 3.05) is 28.6 Å². The number of anilines is 5. The molecule has 1 saturated heterocycles. The van der Waals surface area contributed by atoms with Gasteiger partial charge < -0.3 is 20.1 Å². The summed E-state index contributed by atoms with van der Waals surface area (Å²) in [7, 11) is 0. The molecular weight excluding hydrogens is 352 g/mol. The quantitative estimate of drug-likeness (QED) is 0.660. The maximum atomic E-state index is 5.08. The number of aromatic nitrogens is 3. The number of hydrogen-bond acceptors (Lipinski definition) is 7. The molecule has 4 rings (SSSR count). The highest BCUT2D eigenvalue weighted by molar-refractivity contribution is 5.64. The van der Waals surface area contributed by atoms with Crippen LogP contribution in [0, 0.1) is 19.8 Å². The number of benzene rings is 1. The predicted molar refractivity (Wildman–Crippen MR) is 112 cm³/mol. The van der Waals surface area contributed by atoms with Crippen LogP contribution in [0.3, 0.4) is 0 Å². The molecule has 7 nitrogen and oxygen atoms in total. The van der Waals surface area contributed by atoms with Crippen LogP contribution in [0.2, 0.25) is 0 Å². The minimum atomic E-state index is 0.627. The van der Waals surface area contributed by atoms with Gasteiger partial charge in [-0.15, -0.1) is 0 Å². The lowest BCUT2D eigenvalue weighted by atomic mass is 9.99. The molecule has 3 aromatic rings. The fraction of sp³-hybridized carbons (Fsp3) is 0.381. The van der Waals surface area contributed by atoms with E-state index in [2.05, 4.69) is 61.8 Å². The van der Waals surface area contributed by atoms with Gasteiger partial charge in [-0.3, -0.25) is 0 Å². The molecule has 1 aliphatic rings. The van der Waals surface area contributed by atoms with E-state index in [1.54, 1.807) is 0 Å². The Balaban J connectivity index is 1.45. The fourth-order valence-corrected chi connectivity index (χ4v) is 3.42. The topological polar surface area (TPSA) is 79.1 Å². The van der Waals surface area contributed by atoms with Crippen molar-refractivity contribution in [2.45, 2.75) is 33.6 Å². The van der Waals surface area contributed by atoms with Gasteiger partial charge in [0.15, 0.2) is 5.82 Å². The van der Waals surface area contributed by atoms with Gasteiger partial charge in [-0.05, 0) is 56.9 Å². The Morgan fingerprint density at radius 3 is 2.25 bits per heavy atom. The van der Waals surface area contributed by atoms with Gasteiger partial charge in [0.1, 0.15) is 23.2 Å². The number of nitrogens with one attached hydrogen (secondary N) is 2. The molecule has 3 heterocycles. The maximum Gasteiger partial charge on any atom is 0.175 e. The number of nitrogens with zero attached hydrogens (tertiary/aromatic N) is 4. The standard InChI is InChI=1S/C21H26N6O/c1-14-8-10-27(11-9-14)18-6-4-17(5-7-18)24-19-13-20(23-16(3)22-19)25-21-12-15(2)28-26-21/h4-7,12-14H,8-11H2,1-3H3,(H2,22,23,24,25,26). The lowest BCUT2D eigenvalue weighted by Crippen LogP contribution is -2.32.